The fourth-order valence-electron chi connectivity index (χ4n) is 3.31. The van der Waals surface area contributed by atoms with E-state index in [1.165, 1.54) is 5.19 Å². The third-order valence-electron chi connectivity index (χ3n) is 4.65. The molecule has 0 saturated carbocycles. The Kier molecular flexibility index (Phi) is 6.11. The number of carbonyl (C=O) groups excluding carboxylic acids is 1. The summed E-state index contributed by atoms with van der Waals surface area (Å²) in [5, 5.41) is 1.56. The molecule has 0 fully saturated rings. The van der Waals surface area contributed by atoms with Gasteiger partial charge >= 0.3 is 0 Å². The molecule has 0 aliphatic rings. The number of benzene rings is 2. The SMILES string of the molecule is C/C=C\C(CCC)[Si](C)(C(=O)c1ccccc1)c1ccccc1. The fourth-order valence-corrected chi connectivity index (χ4v) is 7.43. The van der Waals surface area contributed by atoms with Crippen molar-refractivity contribution in [2.45, 2.75) is 38.8 Å². The van der Waals surface area contributed by atoms with E-state index in [4.69, 9.17) is 0 Å². The van der Waals surface area contributed by atoms with Gasteiger partial charge in [0, 0.05) is 5.56 Å². The van der Waals surface area contributed by atoms with Gasteiger partial charge in [-0.25, -0.2) is 0 Å². The smallest absolute Gasteiger partial charge is 0.173 e. The molecule has 2 rings (SSSR count). The van der Waals surface area contributed by atoms with Crippen molar-refractivity contribution in [3.63, 3.8) is 0 Å². The Balaban J connectivity index is 2.57. The minimum absolute atomic E-state index is 0.326. The topological polar surface area (TPSA) is 17.1 Å². The van der Waals surface area contributed by atoms with Crippen molar-refractivity contribution in [3.8, 4) is 0 Å². The molecule has 0 aliphatic carbocycles. The standard InChI is InChI=1S/C21H26OSi/c1-4-12-19(13-5-2)23(3,20-16-10-7-11-17-20)21(22)18-14-8-6-9-15-18/h4,6-12,14-17,19H,5,13H2,1-3H3/b12-4-. The zero-order chi connectivity index (χ0) is 16.7. The maximum atomic E-state index is 13.5. The summed E-state index contributed by atoms with van der Waals surface area (Å²) in [7, 11) is -2.37. The van der Waals surface area contributed by atoms with Gasteiger partial charge in [0.1, 0.15) is 5.41 Å². The maximum Gasteiger partial charge on any atom is 0.173 e. The molecule has 0 aliphatic heterocycles. The summed E-state index contributed by atoms with van der Waals surface area (Å²) in [6.07, 6.45) is 6.50. The highest BCUT2D eigenvalue weighted by Gasteiger charge is 2.44. The Morgan fingerprint density at radius 3 is 2.13 bits per heavy atom. The van der Waals surface area contributed by atoms with E-state index in [2.05, 4.69) is 56.8 Å². The molecule has 0 aromatic heterocycles. The van der Waals surface area contributed by atoms with Gasteiger partial charge in [-0.05, 0) is 24.1 Å². The summed E-state index contributed by atoms with van der Waals surface area (Å²) in [6.45, 7) is 6.48. The Labute approximate surface area is 141 Å². The summed E-state index contributed by atoms with van der Waals surface area (Å²) in [5.41, 5.74) is 1.17. The van der Waals surface area contributed by atoms with E-state index < -0.39 is 8.07 Å². The van der Waals surface area contributed by atoms with E-state index in [1.807, 2.05) is 36.4 Å². The van der Waals surface area contributed by atoms with Crippen LogP contribution in [0, 0.1) is 0 Å². The summed E-state index contributed by atoms with van der Waals surface area (Å²) >= 11 is 0. The number of carbonyl (C=O) groups is 1. The maximum absolute atomic E-state index is 13.5. The Morgan fingerprint density at radius 2 is 1.61 bits per heavy atom. The lowest BCUT2D eigenvalue weighted by Gasteiger charge is -2.33. The summed E-state index contributed by atoms with van der Waals surface area (Å²) in [5.74, 6) is 0. The van der Waals surface area contributed by atoms with Crippen LogP contribution in [-0.4, -0.2) is 13.5 Å². The van der Waals surface area contributed by atoms with Gasteiger partial charge in [-0.15, -0.1) is 0 Å². The van der Waals surface area contributed by atoms with Gasteiger partial charge in [-0.2, -0.15) is 0 Å². The van der Waals surface area contributed by atoms with Crippen LogP contribution < -0.4 is 5.19 Å². The number of rotatable bonds is 7. The van der Waals surface area contributed by atoms with Crippen LogP contribution in [0.3, 0.4) is 0 Å². The number of hydrogen-bond donors (Lipinski definition) is 0. The molecule has 0 radical (unpaired) electrons. The first kappa shape index (κ1) is 17.4. The summed E-state index contributed by atoms with van der Waals surface area (Å²) in [4.78, 5) is 13.5. The van der Waals surface area contributed by atoms with E-state index >= 15 is 0 Å². The van der Waals surface area contributed by atoms with Crippen molar-refractivity contribution >= 4 is 18.7 Å². The largest absolute Gasteiger partial charge is 0.300 e. The van der Waals surface area contributed by atoms with Crippen LogP contribution in [0.1, 0.15) is 37.0 Å². The van der Waals surface area contributed by atoms with Crippen LogP contribution in [0.15, 0.2) is 72.8 Å². The molecule has 2 aromatic rings. The van der Waals surface area contributed by atoms with Gasteiger partial charge in [-0.3, -0.25) is 4.79 Å². The van der Waals surface area contributed by atoms with E-state index in [-0.39, 0.29) is 0 Å². The third kappa shape index (κ3) is 3.70. The minimum Gasteiger partial charge on any atom is -0.300 e. The zero-order valence-electron chi connectivity index (χ0n) is 14.3. The summed E-state index contributed by atoms with van der Waals surface area (Å²) < 4.78 is 0. The van der Waals surface area contributed by atoms with E-state index in [1.54, 1.807) is 0 Å². The van der Waals surface area contributed by atoms with Gasteiger partial charge in [-0.1, -0.05) is 92.7 Å². The third-order valence-corrected chi connectivity index (χ3v) is 9.38. The molecule has 2 aromatic carbocycles. The predicted octanol–water partition coefficient (Wildman–Crippen LogP) is 5.14. The van der Waals surface area contributed by atoms with Crippen LogP contribution in [0.5, 0.6) is 0 Å². The molecule has 0 N–H and O–H groups in total. The second kappa shape index (κ2) is 8.07. The first-order valence-electron chi connectivity index (χ1n) is 8.42. The lowest BCUT2D eigenvalue weighted by Crippen LogP contribution is -2.56. The highest BCUT2D eigenvalue weighted by Crippen LogP contribution is 2.31. The Bertz CT molecular complexity index is 648. The van der Waals surface area contributed by atoms with Crippen LogP contribution in [0.2, 0.25) is 12.1 Å². The van der Waals surface area contributed by atoms with Gasteiger partial charge in [0.25, 0.3) is 0 Å². The molecule has 2 atom stereocenters. The lowest BCUT2D eigenvalue weighted by atomic mass is 10.2. The van der Waals surface area contributed by atoms with Crippen LogP contribution in [0.25, 0.3) is 0 Å². The highest BCUT2D eigenvalue weighted by atomic mass is 28.3. The fraction of sp³-hybridized carbons (Fsp3) is 0.286. The molecule has 2 unspecified atom stereocenters. The average Bonchev–Trinajstić information content (AvgIpc) is 2.61. The molecule has 1 nitrogen and oxygen atoms in total. The van der Waals surface area contributed by atoms with Crippen molar-refractivity contribution in [2.24, 2.45) is 0 Å². The van der Waals surface area contributed by atoms with Crippen LogP contribution >= 0.6 is 0 Å². The minimum atomic E-state index is -2.37. The normalized spacial score (nSPS) is 15.3. The second-order valence-corrected chi connectivity index (χ2v) is 10.4. The van der Waals surface area contributed by atoms with Gasteiger partial charge in [0.05, 0.1) is 0 Å². The van der Waals surface area contributed by atoms with Crippen LogP contribution in [0.4, 0.5) is 0 Å². The molecule has 23 heavy (non-hydrogen) atoms. The van der Waals surface area contributed by atoms with E-state index in [0.717, 1.165) is 18.4 Å². The van der Waals surface area contributed by atoms with E-state index in [0.29, 0.717) is 10.9 Å². The quantitative estimate of drug-likeness (QED) is 0.509. The van der Waals surface area contributed by atoms with Crippen molar-refractivity contribution in [2.75, 3.05) is 0 Å². The molecule has 0 heterocycles. The van der Waals surface area contributed by atoms with Crippen molar-refractivity contribution in [1.82, 2.24) is 0 Å². The molecular formula is C21H26OSi. The van der Waals surface area contributed by atoms with Crippen molar-refractivity contribution in [1.29, 1.82) is 0 Å². The summed E-state index contributed by atoms with van der Waals surface area (Å²) in [6, 6.07) is 20.2. The van der Waals surface area contributed by atoms with Crippen molar-refractivity contribution in [3.05, 3.63) is 78.4 Å². The zero-order valence-corrected chi connectivity index (χ0v) is 15.3. The number of allylic oxidation sites excluding steroid dienone is 2. The molecule has 0 saturated heterocycles. The lowest BCUT2D eigenvalue weighted by molar-refractivity contribution is 0.106. The molecule has 2 heteroatoms. The first-order valence-corrected chi connectivity index (χ1v) is 11.0. The second-order valence-electron chi connectivity index (χ2n) is 6.18. The Morgan fingerprint density at radius 1 is 1.04 bits per heavy atom. The van der Waals surface area contributed by atoms with Gasteiger partial charge in [0.15, 0.2) is 8.07 Å². The van der Waals surface area contributed by atoms with Crippen LogP contribution in [-0.2, 0) is 0 Å². The molecule has 0 amide bonds. The Hall–Kier alpha value is -1.93. The average molecular weight is 323 g/mol. The molecule has 0 spiro atoms. The molecule has 120 valence electrons. The first-order chi connectivity index (χ1) is 11.1. The highest BCUT2D eigenvalue weighted by molar-refractivity contribution is 7.16. The van der Waals surface area contributed by atoms with Crippen molar-refractivity contribution < 1.29 is 4.79 Å². The van der Waals surface area contributed by atoms with E-state index in [9.17, 15) is 4.79 Å². The van der Waals surface area contributed by atoms with Gasteiger partial charge < -0.3 is 0 Å². The van der Waals surface area contributed by atoms with Gasteiger partial charge in [0.2, 0.25) is 0 Å². The number of hydrogen-bond acceptors (Lipinski definition) is 1. The molecular weight excluding hydrogens is 296 g/mol. The monoisotopic (exact) mass is 322 g/mol. The molecule has 0 bridgehead atoms. The predicted molar refractivity (Wildman–Crippen MR) is 102 cm³/mol.